The third-order valence-corrected chi connectivity index (χ3v) is 2.10. The van der Waals surface area contributed by atoms with Gasteiger partial charge >= 0.3 is 0 Å². The van der Waals surface area contributed by atoms with E-state index in [4.69, 9.17) is 5.84 Å². The zero-order valence-electron chi connectivity index (χ0n) is 8.25. The van der Waals surface area contributed by atoms with E-state index in [1.54, 1.807) is 0 Å². The Hall–Kier alpha value is -0.930. The van der Waals surface area contributed by atoms with Gasteiger partial charge in [0.2, 0.25) is 0 Å². The Morgan fingerprint density at radius 1 is 1.62 bits per heavy atom. The molecule has 0 aliphatic heterocycles. The SMILES string of the molecule is CCCC(NN)c1ccnc(C)c1. The maximum Gasteiger partial charge on any atom is 0.0461 e. The smallest absolute Gasteiger partial charge is 0.0461 e. The summed E-state index contributed by atoms with van der Waals surface area (Å²) in [4.78, 5) is 4.15. The maximum atomic E-state index is 5.47. The lowest BCUT2D eigenvalue weighted by molar-refractivity contribution is 0.509. The van der Waals surface area contributed by atoms with Crippen LogP contribution in [0.2, 0.25) is 0 Å². The maximum absolute atomic E-state index is 5.47. The zero-order valence-corrected chi connectivity index (χ0v) is 8.25. The molecule has 1 atom stereocenters. The molecule has 1 rings (SSSR count). The molecule has 0 saturated carbocycles. The molecule has 0 radical (unpaired) electrons. The second-order valence-corrected chi connectivity index (χ2v) is 3.24. The van der Waals surface area contributed by atoms with Crippen LogP contribution in [0.5, 0.6) is 0 Å². The molecule has 0 aliphatic carbocycles. The number of hydrogen-bond acceptors (Lipinski definition) is 3. The number of rotatable bonds is 4. The Labute approximate surface area is 79.3 Å². The van der Waals surface area contributed by atoms with Crippen LogP contribution < -0.4 is 11.3 Å². The van der Waals surface area contributed by atoms with Gasteiger partial charge in [-0.05, 0) is 31.0 Å². The van der Waals surface area contributed by atoms with E-state index in [1.807, 2.05) is 19.2 Å². The van der Waals surface area contributed by atoms with Gasteiger partial charge < -0.3 is 0 Å². The summed E-state index contributed by atoms with van der Waals surface area (Å²) in [6.07, 6.45) is 4.00. The molecule has 3 heteroatoms. The first kappa shape index (κ1) is 10.2. The number of hydrogen-bond donors (Lipinski definition) is 2. The van der Waals surface area contributed by atoms with Crippen LogP contribution in [0, 0.1) is 6.92 Å². The van der Waals surface area contributed by atoms with E-state index < -0.39 is 0 Å². The van der Waals surface area contributed by atoms with Crippen LogP contribution in [-0.4, -0.2) is 4.98 Å². The molecule has 1 aromatic rings. The number of aryl methyl sites for hydroxylation is 1. The Bertz CT molecular complexity index is 260. The van der Waals surface area contributed by atoms with Crippen LogP contribution >= 0.6 is 0 Å². The van der Waals surface area contributed by atoms with Crippen molar-refractivity contribution in [3.63, 3.8) is 0 Å². The molecule has 0 saturated heterocycles. The van der Waals surface area contributed by atoms with Crippen molar-refractivity contribution >= 4 is 0 Å². The first-order valence-corrected chi connectivity index (χ1v) is 4.66. The molecule has 0 aromatic carbocycles. The van der Waals surface area contributed by atoms with Crippen molar-refractivity contribution in [1.29, 1.82) is 0 Å². The average molecular weight is 179 g/mol. The van der Waals surface area contributed by atoms with E-state index in [0.29, 0.717) is 0 Å². The molecule has 0 aliphatic rings. The van der Waals surface area contributed by atoms with Crippen LogP contribution in [0.1, 0.15) is 37.1 Å². The van der Waals surface area contributed by atoms with Gasteiger partial charge in [0, 0.05) is 17.9 Å². The van der Waals surface area contributed by atoms with Crippen LogP contribution in [0.15, 0.2) is 18.3 Å². The van der Waals surface area contributed by atoms with Crippen molar-refractivity contribution in [3.05, 3.63) is 29.6 Å². The van der Waals surface area contributed by atoms with E-state index in [1.165, 1.54) is 5.56 Å². The van der Waals surface area contributed by atoms with E-state index in [2.05, 4.69) is 23.4 Å². The van der Waals surface area contributed by atoms with E-state index in [0.717, 1.165) is 18.5 Å². The van der Waals surface area contributed by atoms with E-state index in [9.17, 15) is 0 Å². The monoisotopic (exact) mass is 179 g/mol. The summed E-state index contributed by atoms with van der Waals surface area (Å²) in [5.41, 5.74) is 5.07. The third kappa shape index (κ3) is 2.79. The molecule has 3 nitrogen and oxygen atoms in total. The second-order valence-electron chi connectivity index (χ2n) is 3.24. The number of nitrogens with one attached hydrogen (secondary N) is 1. The van der Waals surface area contributed by atoms with Crippen molar-refractivity contribution in [2.24, 2.45) is 5.84 Å². The molecule has 0 amide bonds. The molecular formula is C10H17N3. The number of nitrogens with two attached hydrogens (primary N) is 1. The Balaban J connectivity index is 2.78. The minimum Gasteiger partial charge on any atom is -0.271 e. The number of hydrazine groups is 1. The van der Waals surface area contributed by atoms with Gasteiger partial charge in [-0.15, -0.1) is 0 Å². The van der Waals surface area contributed by atoms with Gasteiger partial charge in [0.15, 0.2) is 0 Å². The fourth-order valence-corrected chi connectivity index (χ4v) is 1.42. The Morgan fingerprint density at radius 2 is 2.38 bits per heavy atom. The molecule has 72 valence electrons. The fraction of sp³-hybridized carbons (Fsp3) is 0.500. The van der Waals surface area contributed by atoms with Crippen LogP contribution in [-0.2, 0) is 0 Å². The predicted octanol–water partition coefficient (Wildman–Crippen LogP) is 1.69. The van der Waals surface area contributed by atoms with Gasteiger partial charge in [-0.3, -0.25) is 16.3 Å². The summed E-state index contributed by atoms with van der Waals surface area (Å²) in [5, 5.41) is 0. The topological polar surface area (TPSA) is 50.9 Å². The lowest BCUT2D eigenvalue weighted by Gasteiger charge is -2.15. The Morgan fingerprint density at radius 3 is 2.92 bits per heavy atom. The number of nitrogens with zero attached hydrogens (tertiary/aromatic N) is 1. The van der Waals surface area contributed by atoms with Crippen LogP contribution in [0.3, 0.4) is 0 Å². The van der Waals surface area contributed by atoms with Crippen molar-refractivity contribution in [2.75, 3.05) is 0 Å². The Kier molecular flexibility index (Phi) is 3.86. The summed E-state index contributed by atoms with van der Waals surface area (Å²) >= 11 is 0. The van der Waals surface area contributed by atoms with Crippen molar-refractivity contribution in [3.8, 4) is 0 Å². The average Bonchev–Trinajstić information content (AvgIpc) is 2.14. The molecule has 3 N–H and O–H groups in total. The molecule has 0 bridgehead atoms. The third-order valence-electron chi connectivity index (χ3n) is 2.10. The standard InChI is InChI=1S/C10H17N3/c1-3-4-10(13-11)9-5-6-12-8(2)7-9/h5-7,10,13H,3-4,11H2,1-2H3. The lowest BCUT2D eigenvalue weighted by atomic mass is 10.0. The molecule has 0 spiro atoms. The van der Waals surface area contributed by atoms with Gasteiger partial charge in [0.25, 0.3) is 0 Å². The molecule has 1 heterocycles. The first-order chi connectivity index (χ1) is 6.27. The summed E-state index contributed by atoms with van der Waals surface area (Å²) in [7, 11) is 0. The van der Waals surface area contributed by atoms with Gasteiger partial charge in [-0.2, -0.15) is 0 Å². The predicted molar refractivity (Wildman–Crippen MR) is 53.9 cm³/mol. The minimum absolute atomic E-state index is 0.256. The molecular weight excluding hydrogens is 162 g/mol. The minimum atomic E-state index is 0.256. The molecule has 1 aromatic heterocycles. The number of aromatic nitrogens is 1. The summed E-state index contributed by atoms with van der Waals surface area (Å²) in [6, 6.07) is 4.33. The lowest BCUT2D eigenvalue weighted by Crippen LogP contribution is -2.27. The molecule has 13 heavy (non-hydrogen) atoms. The summed E-state index contributed by atoms with van der Waals surface area (Å²) in [6.45, 7) is 4.14. The molecule has 1 unspecified atom stereocenters. The summed E-state index contributed by atoms with van der Waals surface area (Å²) in [5.74, 6) is 5.47. The quantitative estimate of drug-likeness (QED) is 0.546. The van der Waals surface area contributed by atoms with Gasteiger partial charge in [-0.1, -0.05) is 13.3 Å². The van der Waals surface area contributed by atoms with E-state index in [-0.39, 0.29) is 6.04 Å². The largest absolute Gasteiger partial charge is 0.271 e. The normalized spacial score (nSPS) is 12.8. The van der Waals surface area contributed by atoms with Crippen molar-refractivity contribution in [2.45, 2.75) is 32.7 Å². The van der Waals surface area contributed by atoms with Gasteiger partial charge in [-0.25, -0.2) is 0 Å². The van der Waals surface area contributed by atoms with E-state index >= 15 is 0 Å². The number of pyridine rings is 1. The second kappa shape index (κ2) is 4.94. The van der Waals surface area contributed by atoms with Crippen LogP contribution in [0.4, 0.5) is 0 Å². The van der Waals surface area contributed by atoms with Crippen LogP contribution in [0.25, 0.3) is 0 Å². The summed E-state index contributed by atoms with van der Waals surface area (Å²) < 4.78 is 0. The highest BCUT2D eigenvalue weighted by Gasteiger charge is 2.07. The first-order valence-electron chi connectivity index (χ1n) is 4.66. The highest BCUT2D eigenvalue weighted by molar-refractivity contribution is 5.19. The highest BCUT2D eigenvalue weighted by atomic mass is 15.2. The molecule has 0 fully saturated rings. The van der Waals surface area contributed by atoms with Gasteiger partial charge in [0.05, 0.1) is 0 Å². The zero-order chi connectivity index (χ0) is 9.68. The van der Waals surface area contributed by atoms with Gasteiger partial charge in [0.1, 0.15) is 0 Å². The fourth-order valence-electron chi connectivity index (χ4n) is 1.42. The highest BCUT2D eigenvalue weighted by Crippen LogP contribution is 2.17. The van der Waals surface area contributed by atoms with Crippen molar-refractivity contribution < 1.29 is 0 Å². The van der Waals surface area contributed by atoms with Crippen molar-refractivity contribution in [1.82, 2.24) is 10.4 Å².